The zero-order valence-corrected chi connectivity index (χ0v) is 32.7. The molecule has 5 heteroatoms. The summed E-state index contributed by atoms with van der Waals surface area (Å²) in [6, 6.07) is 9.80. The highest BCUT2D eigenvalue weighted by atomic mass is 16.6. The van der Waals surface area contributed by atoms with Gasteiger partial charge < -0.3 is 14.2 Å². The highest BCUT2D eigenvalue weighted by Gasteiger charge is 2.16. The van der Waals surface area contributed by atoms with E-state index in [4.69, 9.17) is 14.2 Å². The highest BCUT2D eigenvalue weighted by Crippen LogP contribution is 2.13. The van der Waals surface area contributed by atoms with Gasteiger partial charge in [0.15, 0.2) is 6.10 Å². The van der Waals surface area contributed by atoms with Crippen molar-refractivity contribution in [2.24, 2.45) is 0 Å². The fourth-order valence-electron chi connectivity index (χ4n) is 5.90. The summed E-state index contributed by atoms with van der Waals surface area (Å²) in [5.41, 5.74) is 1.02. The maximum absolute atomic E-state index is 12.5. The van der Waals surface area contributed by atoms with E-state index in [9.17, 15) is 9.59 Å². The van der Waals surface area contributed by atoms with Crippen molar-refractivity contribution in [3.05, 3.63) is 84.5 Å². The molecule has 1 aromatic rings. The molecular weight excluding hydrogens is 633 g/mol. The van der Waals surface area contributed by atoms with Crippen LogP contribution in [0.15, 0.2) is 78.9 Å². The summed E-state index contributed by atoms with van der Waals surface area (Å²) in [7, 11) is 0. The van der Waals surface area contributed by atoms with Crippen LogP contribution in [-0.4, -0.2) is 31.3 Å². The lowest BCUT2D eigenvalue weighted by molar-refractivity contribution is -0.156. The van der Waals surface area contributed by atoms with Gasteiger partial charge in [-0.15, -0.1) is 0 Å². The predicted molar refractivity (Wildman–Crippen MR) is 216 cm³/mol. The number of hydrogen-bond acceptors (Lipinski definition) is 5. The van der Waals surface area contributed by atoms with E-state index >= 15 is 0 Å². The molecule has 0 radical (unpaired) electrons. The van der Waals surface area contributed by atoms with Crippen molar-refractivity contribution in [2.45, 2.75) is 181 Å². The number of rotatable bonds is 35. The highest BCUT2D eigenvalue weighted by molar-refractivity contribution is 5.83. The molecule has 0 aliphatic rings. The van der Waals surface area contributed by atoms with Crippen molar-refractivity contribution < 1.29 is 23.8 Å². The molecule has 1 atom stereocenters. The SMILES string of the molecule is CCCCCCCCCCCCC/C=C/C=C/C(=O)OC[C@H](COCc1ccccc1)OC(=O)/C=C/C=C/CCCCCCCCCCCCC. The van der Waals surface area contributed by atoms with Crippen LogP contribution in [0.1, 0.15) is 174 Å². The molecule has 0 saturated carbocycles. The molecule has 288 valence electrons. The van der Waals surface area contributed by atoms with Crippen LogP contribution in [0.25, 0.3) is 0 Å². The lowest BCUT2D eigenvalue weighted by Gasteiger charge is -2.17. The molecule has 0 unspecified atom stereocenters. The number of benzene rings is 1. The third-order valence-electron chi connectivity index (χ3n) is 9.02. The summed E-state index contributed by atoms with van der Waals surface area (Å²) < 4.78 is 16.8. The largest absolute Gasteiger partial charge is 0.458 e. The van der Waals surface area contributed by atoms with Crippen molar-refractivity contribution in [3.8, 4) is 0 Å². The molecule has 0 amide bonds. The van der Waals surface area contributed by atoms with Crippen LogP contribution in [0, 0.1) is 0 Å². The molecule has 1 aromatic carbocycles. The van der Waals surface area contributed by atoms with Gasteiger partial charge in [-0.1, -0.05) is 209 Å². The Morgan fingerprint density at radius 3 is 1.43 bits per heavy atom. The Morgan fingerprint density at radius 2 is 0.961 bits per heavy atom. The number of allylic oxidation sites excluding steroid dienone is 6. The van der Waals surface area contributed by atoms with Crippen LogP contribution in [0.5, 0.6) is 0 Å². The number of esters is 2. The summed E-state index contributed by atoms with van der Waals surface area (Å²) in [4.78, 5) is 24.9. The summed E-state index contributed by atoms with van der Waals surface area (Å²) >= 11 is 0. The minimum Gasteiger partial charge on any atom is -0.458 e. The minimum atomic E-state index is -0.708. The van der Waals surface area contributed by atoms with Crippen LogP contribution in [0.4, 0.5) is 0 Å². The summed E-state index contributed by atoms with van der Waals surface area (Å²) in [5.74, 6) is -0.959. The van der Waals surface area contributed by atoms with Crippen LogP contribution in [-0.2, 0) is 30.4 Å². The van der Waals surface area contributed by atoms with Crippen molar-refractivity contribution in [1.82, 2.24) is 0 Å². The first kappa shape index (κ1) is 46.1. The van der Waals surface area contributed by atoms with Gasteiger partial charge >= 0.3 is 11.9 Å². The number of hydrogen-bond donors (Lipinski definition) is 0. The zero-order valence-electron chi connectivity index (χ0n) is 32.7. The van der Waals surface area contributed by atoms with Gasteiger partial charge in [0.2, 0.25) is 0 Å². The molecule has 0 bridgehead atoms. The molecule has 0 aliphatic carbocycles. The summed E-state index contributed by atoms with van der Waals surface area (Å²) in [6.45, 7) is 4.96. The van der Waals surface area contributed by atoms with Crippen LogP contribution >= 0.6 is 0 Å². The first-order valence-electron chi connectivity index (χ1n) is 20.8. The normalized spacial score (nSPS) is 12.5. The zero-order chi connectivity index (χ0) is 36.7. The molecule has 0 saturated heterocycles. The van der Waals surface area contributed by atoms with Gasteiger partial charge in [0.05, 0.1) is 13.2 Å². The number of carbonyl (C=O) groups is 2. The van der Waals surface area contributed by atoms with Crippen molar-refractivity contribution in [2.75, 3.05) is 13.2 Å². The number of unbranched alkanes of at least 4 members (excludes halogenated alkanes) is 22. The Hall–Kier alpha value is -2.92. The van der Waals surface area contributed by atoms with E-state index in [1.807, 2.05) is 42.5 Å². The van der Waals surface area contributed by atoms with Gasteiger partial charge in [-0.2, -0.15) is 0 Å². The van der Waals surface area contributed by atoms with E-state index in [0.29, 0.717) is 6.61 Å². The molecule has 0 fully saturated rings. The van der Waals surface area contributed by atoms with E-state index in [2.05, 4.69) is 26.0 Å². The van der Waals surface area contributed by atoms with Crippen molar-refractivity contribution in [3.63, 3.8) is 0 Å². The van der Waals surface area contributed by atoms with E-state index in [1.54, 1.807) is 12.2 Å². The average Bonchev–Trinajstić information content (AvgIpc) is 3.14. The second-order valence-corrected chi connectivity index (χ2v) is 13.9. The Labute approximate surface area is 313 Å². The van der Waals surface area contributed by atoms with E-state index in [0.717, 1.165) is 18.4 Å². The predicted octanol–water partition coefficient (Wildman–Crippen LogP) is 13.3. The lowest BCUT2D eigenvalue weighted by atomic mass is 10.1. The third-order valence-corrected chi connectivity index (χ3v) is 9.02. The van der Waals surface area contributed by atoms with Gasteiger partial charge in [-0.25, -0.2) is 9.59 Å². The monoisotopic (exact) mass is 707 g/mol. The molecule has 0 N–H and O–H groups in total. The molecule has 51 heavy (non-hydrogen) atoms. The minimum absolute atomic E-state index is 0.0747. The maximum Gasteiger partial charge on any atom is 0.331 e. The van der Waals surface area contributed by atoms with Crippen LogP contribution in [0.2, 0.25) is 0 Å². The van der Waals surface area contributed by atoms with Crippen molar-refractivity contribution in [1.29, 1.82) is 0 Å². The third kappa shape index (κ3) is 32.7. The standard InChI is InChI=1S/C46H74O5/c1-3-5-7-9-11-13-15-17-19-21-23-25-27-29-34-38-45(47)50-42-44(41-49-40-43-36-32-31-33-37-43)51-46(48)39-35-30-28-26-24-22-20-18-16-14-12-10-8-6-4-2/h27-39,44H,3-26,40-42H2,1-2H3/b29-27+,30-28+,38-34+,39-35+/t44-/m0/s1. The summed E-state index contributed by atoms with van der Waals surface area (Å²) in [6.07, 6.45) is 44.8. The van der Waals surface area contributed by atoms with Crippen molar-refractivity contribution >= 4 is 11.9 Å². The first-order valence-corrected chi connectivity index (χ1v) is 20.8. The summed E-state index contributed by atoms with van der Waals surface area (Å²) in [5, 5.41) is 0. The Morgan fingerprint density at radius 1 is 0.529 bits per heavy atom. The fraction of sp³-hybridized carbons (Fsp3) is 0.652. The van der Waals surface area contributed by atoms with E-state index in [1.165, 1.54) is 153 Å². The van der Waals surface area contributed by atoms with Gasteiger partial charge in [-0.05, 0) is 31.2 Å². The molecular formula is C46H74O5. The lowest BCUT2D eigenvalue weighted by Crippen LogP contribution is -2.29. The fourth-order valence-corrected chi connectivity index (χ4v) is 5.90. The van der Waals surface area contributed by atoms with Gasteiger partial charge in [0.25, 0.3) is 0 Å². The molecule has 0 aliphatic heterocycles. The second kappa shape index (κ2) is 36.9. The quantitative estimate of drug-likeness (QED) is 0.0304. The van der Waals surface area contributed by atoms with Gasteiger partial charge in [-0.3, -0.25) is 0 Å². The number of ether oxygens (including phenoxy) is 3. The van der Waals surface area contributed by atoms with E-state index < -0.39 is 18.0 Å². The van der Waals surface area contributed by atoms with Crippen LogP contribution < -0.4 is 0 Å². The second-order valence-electron chi connectivity index (χ2n) is 13.9. The van der Waals surface area contributed by atoms with Gasteiger partial charge in [0.1, 0.15) is 6.61 Å². The maximum atomic E-state index is 12.5. The Balaban J connectivity index is 2.28. The van der Waals surface area contributed by atoms with Gasteiger partial charge in [0, 0.05) is 12.2 Å². The molecule has 0 spiro atoms. The topological polar surface area (TPSA) is 61.8 Å². The molecule has 5 nitrogen and oxygen atoms in total. The Kier molecular flexibility index (Phi) is 33.3. The Bertz CT molecular complexity index is 1040. The van der Waals surface area contributed by atoms with Crippen LogP contribution in [0.3, 0.4) is 0 Å². The molecule has 0 heterocycles. The smallest absolute Gasteiger partial charge is 0.331 e. The number of carbonyl (C=O) groups excluding carboxylic acids is 2. The molecule has 0 aromatic heterocycles. The molecule has 1 rings (SSSR count). The van der Waals surface area contributed by atoms with E-state index in [-0.39, 0.29) is 13.2 Å². The average molecular weight is 707 g/mol. The first-order chi connectivity index (χ1) is 25.2.